The molecule has 0 bridgehead atoms. The minimum Gasteiger partial charge on any atom is -0.396 e. The van der Waals surface area contributed by atoms with Gasteiger partial charge in [0.15, 0.2) is 0 Å². The monoisotopic (exact) mass is 300 g/mol. The van der Waals surface area contributed by atoms with Crippen LogP contribution in [0.25, 0.3) is 0 Å². The average molecular weight is 300 g/mol. The molecule has 0 amide bonds. The topological polar surface area (TPSA) is 62.1 Å². The van der Waals surface area contributed by atoms with Crippen molar-refractivity contribution in [3.63, 3.8) is 0 Å². The number of anilines is 1. The maximum absolute atomic E-state index is 9.56. The van der Waals surface area contributed by atoms with Gasteiger partial charge in [0.1, 0.15) is 5.82 Å². The van der Waals surface area contributed by atoms with Gasteiger partial charge in [-0.25, -0.2) is 4.68 Å². The minimum absolute atomic E-state index is 0.216. The van der Waals surface area contributed by atoms with Crippen molar-refractivity contribution in [2.45, 2.75) is 13.0 Å². The Balaban J connectivity index is 1.42. The third-order valence-corrected chi connectivity index (χ3v) is 4.21. The Bertz CT molecular complexity index is 569. The van der Waals surface area contributed by atoms with Crippen LogP contribution in [0.2, 0.25) is 0 Å². The van der Waals surface area contributed by atoms with Crippen LogP contribution < -0.4 is 10.6 Å². The molecule has 0 fully saturated rings. The lowest BCUT2D eigenvalue weighted by Crippen LogP contribution is -2.37. The Morgan fingerprint density at radius 1 is 1.32 bits per heavy atom. The maximum Gasteiger partial charge on any atom is 0.124 e. The van der Waals surface area contributed by atoms with E-state index < -0.39 is 0 Å². The highest BCUT2D eigenvalue weighted by Crippen LogP contribution is 2.15. The number of aliphatic hydroxyl groups is 1. The van der Waals surface area contributed by atoms with Crippen molar-refractivity contribution in [3.8, 4) is 0 Å². The number of hydrogen-bond acceptors (Lipinski definition) is 4. The molecule has 3 N–H and O–H groups in total. The van der Waals surface area contributed by atoms with Crippen LogP contribution in [0.5, 0.6) is 0 Å². The van der Waals surface area contributed by atoms with E-state index in [1.807, 2.05) is 35.1 Å². The summed E-state index contributed by atoms with van der Waals surface area (Å²) in [5.41, 5.74) is 1.28. The Labute approximate surface area is 131 Å². The first-order chi connectivity index (χ1) is 10.8. The summed E-state index contributed by atoms with van der Waals surface area (Å²) in [6, 6.07) is 12.4. The quantitative estimate of drug-likeness (QED) is 0.723. The first kappa shape index (κ1) is 15.1. The van der Waals surface area contributed by atoms with Crippen LogP contribution in [-0.2, 0) is 13.0 Å². The fourth-order valence-electron chi connectivity index (χ4n) is 2.96. The molecule has 5 heteroatoms. The molecule has 2 aromatic rings. The molecule has 1 aromatic heterocycles. The highest BCUT2D eigenvalue weighted by molar-refractivity contribution is 5.35. The van der Waals surface area contributed by atoms with Gasteiger partial charge in [-0.05, 0) is 17.9 Å². The van der Waals surface area contributed by atoms with Crippen molar-refractivity contribution in [1.29, 1.82) is 0 Å². The molecule has 0 spiro atoms. The number of hydrogen-bond donors (Lipinski definition) is 3. The summed E-state index contributed by atoms with van der Waals surface area (Å²) in [5, 5.41) is 20.8. The third-order valence-electron chi connectivity index (χ3n) is 4.21. The minimum atomic E-state index is 0.216. The molecule has 5 nitrogen and oxygen atoms in total. The van der Waals surface area contributed by atoms with Crippen molar-refractivity contribution in [2.24, 2.45) is 11.8 Å². The van der Waals surface area contributed by atoms with Crippen LogP contribution in [-0.4, -0.2) is 41.1 Å². The zero-order chi connectivity index (χ0) is 15.2. The molecule has 1 aromatic carbocycles. The maximum atomic E-state index is 9.56. The fourth-order valence-corrected chi connectivity index (χ4v) is 2.96. The van der Waals surface area contributed by atoms with Crippen molar-refractivity contribution >= 4 is 5.82 Å². The zero-order valence-corrected chi connectivity index (χ0v) is 12.8. The Morgan fingerprint density at radius 2 is 2.18 bits per heavy atom. The molecule has 3 rings (SSSR count). The van der Waals surface area contributed by atoms with Crippen LogP contribution in [0.1, 0.15) is 5.56 Å². The van der Waals surface area contributed by atoms with E-state index >= 15 is 0 Å². The molecule has 1 aliphatic heterocycles. The summed E-state index contributed by atoms with van der Waals surface area (Å²) in [7, 11) is 0. The second-order valence-electron chi connectivity index (χ2n) is 6.04. The van der Waals surface area contributed by atoms with Crippen molar-refractivity contribution < 1.29 is 5.11 Å². The molecule has 0 saturated carbocycles. The molecule has 0 aliphatic carbocycles. The predicted octanol–water partition coefficient (Wildman–Crippen LogP) is 1.37. The molecule has 0 radical (unpaired) electrons. The molecular formula is C17H24N4O. The molecular weight excluding hydrogens is 276 g/mol. The third kappa shape index (κ3) is 3.87. The van der Waals surface area contributed by atoms with Crippen LogP contribution in [0.15, 0.2) is 42.6 Å². The van der Waals surface area contributed by atoms with Crippen LogP contribution in [0.4, 0.5) is 5.82 Å². The summed E-state index contributed by atoms with van der Waals surface area (Å²) in [4.78, 5) is 0. The number of rotatable bonds is 7. The molecule has 22 heavy (non-hydrogen) atoms. The number of nitrogens with one attached hydrogen (secondary N) is 2. The number of aliphatic hydroxyl groups excluding tert-OH is 1. The van der Waals surface area contributed by atoms with Gasteiger partial charge in [-0.3, -0.25) is 0 Å². The predicted molar refractivity (Wildman–Crippen MR) is 87.8 cm³/mol. The van der Waals surface area contributed by atoms with Gasteiger partial charge >= 0.3 is 0 Å². The van der Waals surface area contributed by atoms with Gasteiger partial charge in [0.05, 0.1) is 6.20 Å². The molecule has 1 aliphatic rings. The van der Waals surface area contributed by atoms with E-state index in [4.69, 9.17) is 0 Å². The highest BCUT2D eigenvalue weighted by atomic mass is 16.3. The van der Waals surface area contributed by atoms with E-state index in [1.165, 1.54) is 5.56 Å². The number of nitrogens with zero attached hydrogens (tertiary/aromatic N) is 2. The lowest BCUT2D eigenvalue weighted by Gasteiger charge is -2.26. The lowest BCUT2D eigenvalue weighted by atomic mass is 9.99. The first-order valence-corrected chi connectivity index (χ1v) is 7.96. The number of aromatic nitrogens is 2. The molecule has 0 saturated heterocycles. The van der Waals surface area contributed by atoms with Crippen LogP contribution >= 0.6 is 0 Å². The van der Waals surface area contributed by atoms with Gasteiger partial charge in [-0.15, -0.1) is 0 Å². The van der Waals surface area contributed by atoms with E-state index in [0.717, 1.165) is 38.4 Å². The first-order valence-electron chi connectivity index (χ1n) is 7.96. The van der Waals surface area contributed by atoms with E-state index in [9.17, 15) is 5.11 Å². The largest absolute Gasteiger partial charge is 0.396 e. The summed E-state index contributed by atoms with van der Waals surface area (Å²) in [5.74, 6) is 1.90. The van der Waals surface area contributed by atoms with E-state index in [2.05, 4.69) is 27.9 Å². The number of benzene rings is 1. The molecule has 2 heterocycles. The fraction of sp³-hybridized carbons (Fsp3) is 0.471. The molecule has 2 atom stereocenters. The second-order valence-corrected chi connectivity index (χ2v) is 6.04. The van der Waals surface area contributed by atoms with Gasteiger partial charge in [0, 0.05) is 44.8 Å². The van der Waals surface area contributed by atoms with Gasteiger partial charge in [0.25, 0.3) is 0 Å². The average Bonchev–Trinajstić information content (AvgIpc) is 3.02. The van der Waals surface area contributed by atoms with E-state index in [1.54, 1.807) is 0 Å². The molecule has 118 valence electrons. The molecule has 0 unspecified atom stereocenters. The van der Waals surface area contributed by atoms with Crippen molar-refractivity contribution in [1.82, 2.24) is 15.1 Å². The summed E-state index contributed by atoms with van der Waals surface area (Å²) in [6.45, 7) is 3.92. The van der Waals surface area contributed by atoms with Gasteiger partial charge in [-0.2, -0.15) is 5.10 Å². The SMILES string of the molecule is OC[C@H](CNC[C@H]1CNc2ccnn2C1)Cc1ccccc1. The summed E-state index contributed by atoms with van der Waals surface area (Å²) >= 11 is 0. The van der Waals surface area contributed by atoms with Crippen LogP contribution in [0.3, 0.4) is 0 Å². The summed E-state index contributed by atoms with van der Waals surface area (Å²) < 4.78 is 2.02. The normalized spacial score (nSPS) is 18.5. The summed E-state index contributed by atoms with van der Waals surface area (Å²) in [6.07, 6.45) is 2.75. The second kappa shape index (κ2) is 7.42. The Kier molecular flexibility index (Phi) is 5.08. The lowest BCUT2D eigenvalue weighted by molar-refractivity contribution is 0.219. The Hall–Kier alpha value is -1.85. The van der Waals surface area contributed by atoms with Crippen molar-refractivity contribution in [2.75, 3.05) is 31.6 Å². The van der Waals surface area contributed by atoms with Gasteiger partial charge in [-0.1, -0.05) is 30.3 Å². The van der Waals surface area contributed by atoms with E-state index in [-0.39, 0.29) is 12.5 Å². The standard InChI is InChI=1S/C17H24N4O/c22-13-15(8-14-4-2-1-3-5-14)9-18-10-16-11-19-17-6-7-20-21(17)12-16/h1-7,15-16,18-19,22H,8-13H2/t15-,16-/m0/s1. The Morgan fingerprint density at radius 3 is 3.00 bits per heavy atom. The highest BCUT2D eigenvalue weighted by Gasteiger charge is 2.18. The van der Waals surface area contributed by atoms with E-state index in [0.29, 0.717) is 5.92 Å². The van der Waals surface area contributed by atoms with Crippen LogP contribution in [0, 0.1) is 11.8 Å². The smallest absolute Gasteiger partial charge is 0.124 e. The van der Waals surface area contributed by atoms with Crippen molar-refractivity contribution in [3.05, 3.63) is 48.2 Å². The van der Waals surface area contributed by atoms with Gasteiger partial charge in [0.2, 0.25) is 0 Å². The zero-order valence-electron chi connectivity index (χ0n) is 12.8. The van der Waals surface area contributed by atoms with Gasteiger partial charge < -0.3 is 15.7 Å². The number of fused-ring (bicyclic) bond motifs is 1.